The first-order valence-electron chi connectivity index (χ1n) is 3.00. The Morgan fingerprint density at radius 2 is 1.64 bits per heavy atom. The molecular formula is C4H13N2O4P. The Kier molecular flexibility index (Phi) is 4.29. The summed E-state index contributed by atoms with van der Waals surface area (Å²) in [6.07, 6.45) is -1.28. The predicted octanol–water partition coefficient (Wildman–Crippen LogP) is -1.83. The minimum absolute atomic E-state index is 0.428. The quantitative estimate of drug-likeness (QED) is 0.330. The van der Waals surface area contributed by atoms with Gasteiger partial charge in [-0.25, -0.2) is 0 Å². The second kappa shape index (κ2) is 4.46. The molecule has 0 aromatic carbocycles. The molecule has 0 bridgehead atoms. The number of carbonyl (C=O) groups excluding carboxylic acids is 1. The van der Waals surface area contributed by atoms with Gasteiger partial charge in [-0.15, -0.1) is 0 Å². The van der Waals surface area contributed by atoms with Crippen LogP contribution in [-0.2, 0) is 0 Å². The molecule has 0 atom stereocenters. The van der Waals surface area contributed by atoms with Gasteiger partial charge in [-0.2, -0.15) is 0 Å². The van der Waals surface area contributed by atoms with Crippen molar-refractivity contribution >= 4 is 13.4 Å². The monoisotopic (exact) mass is 184 g/mol. The number of nitrogens with two attached hydrogens (primary N) is 1. The maximum absolute atomic E-state index is 10.3. The summed E-state index contributed by atoms with van der Waals surface area (Å²) in [5.74, 6) is 0. The summed E-state index contributed by atoms with van der Waals surface area (Å²) in [7, 11) is -2.84. The molecule has 6 N–H and O–H groups in total. The van der Waals surface area contributed by atoms with E-state index in [1.807, 2.05) is 0 Å². The first-order valence-corrected chi connectivity index (χ1v) is 5.62. The van der Waals surface area contributed by atoms with Crippen LogP contribution < -0.4 is 10.8 Å². The molecule has 7 heteroatoms. The van der Waals surface area contributed by atoms with Gasteiger partial charge in [0.2, 0.25) is 0 Å². The van der Waals surface area contributed by atoms with E-state index in [1.165, 1.54) is 0 Å². The average molecular weight is 184 g/mol. The van der Waals surface area contributed by atoms with Crippen molar-refractivity contribution in [2.45, 2.75) is 0 Å². The summed E-state index contributed by atoms with van der Waals surface area (Å²) < 4.78 is 0. The maximum atomic E-state index is 10.3. The predicted molar refractivity (Wildman–Crippen MR) is 42.3 cm³/mol. The summed E-state index contributed by atoms with van der Waals surface area (Å²) in [6, 6.07) is -0.839. The van der Waals surface area contributed by atoms with Crippen molar-refractivity contribution in [3.8, 4) is 0 Å². The Balaban J connectivity index is 4.16. The second-order valence-electron chi connectivity index (χ2n) is 2.24. The molecule has 0 fully saturated rings. The summed E-state index contributed by atoms with van der Waals surface area (Å²) in [4.78, 5) is 10.3. The van der Waals surface area contributed by atoms with Gasteiger partial charge < -0.3 is 0 Å². The van der Waals surface area contributed by atoms with Crippen molar-refractivity contribution in [2.75, 3.05) is 19.0 Å². The zero-order chi connectivity index (χ0) is 8.91. The molecule has 0 rings (SSSR count). The van der Waals surface area contributed by atoms with Crippen molar-refractivity contribution in [1.82, 2.24) is 5.09 Å². The Hall–Kier alpha value is -0.420. The number of primary amides is 1. The van der Waals surface area contributed by atoms with E-state index in [9.17, 15) is 4.79 Å². The third-order valence-corrected chi connectivity index (χ3v) is 3.89. The molecule has 2 amide bonds. The van der Waals surface area contributed by atoms with Crippen LogP contribution in [0.25, 0.3) is 0 Å². The molecule has 0 unspecified atom stereocenters. The molecule has 0 radical (unpaired) electrons. The van der Waals surface area contributed by atoms with Gasteiger partial charge in [-0.1, -0.05) is 0 Å². The molecule has 0 aliphatic heterocycles. The summed E-state index contributed by atoms with van der Waals surface area (Å²) in [6.45, 7) is 0. The molecule has 6 nitrogen and oxygen atoms in total. The van der Waals surface area contributed by atoms with Crippen LogP contribution in [0.1, 0.15) is 0 Å². The van der Waals surface area contributed by atoms with Gasteiger partial charge in [-0.3, -0.25) is 0 Å². The van der Waals surface area contributed by atoms with E-state index in [0.717, 1.165) is 0 Å². The minimum atomic E-state index is -2.84. The van der Waals surface area contributed by atoms with Gasteiger partial charge in [0.25, 0.3) is 0 Å². The van der Waals surface area contributed by atoms with E-state index in [0.29, 0.717) is 0 Å². The number of nitrogens with one attached hydrogen (secondary N) is 1. The van der Waals surface area contributed by atoms with Crippen LogP contribution in [0.15, 0.2) is 0 Å². The Morgan fingerprint density at radius 3 is 1.73 bits per heavy atom. The summed E-state index contributed by atoms with van der Waals surface area (Å²) in [5, 5.41) is 28.3. The Bertz CT molecular complexity index is 130. The van der Waals surface area contributed by atoms with Crippen LogP contribution in [0.5, 0.6) is 0 Å². The number of hydrogen-bond acceptors (Lipinski definition) is 4. The molecule has 0 heterocycles. The molecule has 0 spiro atoms. The molecule has 0 aliphatic rings. The first-order chi connectivity index (χ1) is 5.10. The molecular weight excluding hydrogens is 171 g/mol. The van der Waals surface area contributed by atoms with E-state index in [4.69, 9.17) is 21.1 Å². The SMILES string of the molecule is NC(=O)N[PH](CO)(CO)CO. The Morgan fingerprint density at radius 1 is 1.27 bits per heavy atom. The van der Waals surface area contributed by atoms with Crippen molar-refractivity contribution in [2.24, 2.45) is 5.73 Å². The van der Waals surface area contributed by atoms with Crippen LogP contribution in [0, 0.1) is 0 Å². The third kappa shape index (κ3) is 2.98. The van der Waals surface area contributed by atoms with E-state index >= 15 is 0 Å². The standard InChI is InChI=1S/C4H13N2O4P/c5-4(10)6-11(1-7,2-8)3-9/h7-9,11H,1-3H2,(H3,5,6,10). The van der Waals surface area contributed by atoms with Gasteiger partial charge in [-0.05, 0) is 0 Å². The normalized spacial score (nSPS) is 12.6. The number of rotatable bonds is 4. The van der Waals surface area contributed by atoms with Crippen LogP contribution in [0.4, 0.5) is 4.79 Å². The van der Waals surface area contributed by atoms with Crippen molar-refractivity contribution in [3.63, 3.8) is 0 Å². The van der Waals surface area contributed by atoms with E-state index in [2.05, 4.69) is 5.09 Å². The van der Waals surface area contributed by atoms with Crippen LogP contribution in [0.2, 0.25) is 0 Å². The number of urea groups is 1. The third-order valence-electron chi connectivity index (χ3n) is 1.30. The van der Waals surface area contributed by atoms with Crippen molar-refractivity contribution < 1.29 is 20.1 Å². The molecule has 11 heavy (non-hydrogen) atoms. The second-order valence-corrected chi connectivity index (χ2v) is 6.00. The fourth-order valence-electron chi connectivity index (χ4n) is 0.530. The van der Waals surface area contributed by atoms with E-state index in [-0.39, 0.29) is 0 Å². The number of carbonyl (C=O) groups is 1. The zero-order valence-corrected chi connectivity index (χ0v) is 6.95. The number of aliphatic hydroxyl groups excluding tert-OH is 3. The number of aliphatic hydroxyl groups is 3. The molecule has 0 aliphatic carbocycles. The van der Waals surface area contributed by atoms with Gasteiger partial charge in [0.05, 0.1) is 0 Å². The van der Waals surface area contributed by atoms with Gasteiger partial charge in [0.15, 0.2) is 0 Å². The average Bonchev–Trinajstić information content (AvgIpc) is 2.00. The van der Waals surface area contributed by atoms with Crippen LogP contribution in [0.3, 0.4) is 0 Å². The summed E-state index contributed by atoms with van der Waals surface area (Å²) >= 11 is 0. The zero-order valence-electron chi connectivity index (χ0n) is 5.95. The van der Waals surface area contributed by atoms with Crippen molar-refractivity contribution in [3.05, 3.63) is 0 Å². The topological polar surface area (TPSA) is 116 Å². The molecule has 0 aromatic heterocycles. The molecule has 68 valence electrons. The molecule has 0 saturated carbocycles. The van der Waals surface area contributed by atoms with Crippen LogP contribution in [-0.4, -0.2) is 40.4 Å². The van der Waals surface area contributed by atoms with E-state index < -0.39 is 32.5 Å². The Labute approximate surface area is 64.4 Å². The fourth-order valence-corrected chi connectivity index (χ4v) is 1.59. The van der Waals surface area contributed by atoms with Crippen LogP contribution >= 0.6 is 7.41 Å². The first kappa shape index (κ1) is 10.6. The molecule has 0 saturated heterocycles. The summed E-state index contributed by atoms with van der Waals surface area (Å²) in [5.41, 5.74) is 4.76. The van der Waals surface area contributed by atoms with Gasteiger partial charge in [0.1, 0.15) is 0 Å². The number of amides is 2. The molecule has 0 aromatic rings. The van der Waals surface area contributed by atoms with E-state index in [1.54, 1.807) is 0 Å². The van der Waals surface area contributed by atoms with Gasteiger partial charge >= 0.3 is 63.4 Å². The fraction of sp³-hybridized carbons (Fsp3) is 0.750. The van der Waals surface area contributed by atoms with Crippen molar-refractivity contribution in [1.29, 1.82) is 0 Å². The number of hydrogen-bond donors (Lipinski definition) is 5. The van der Waals surface area contributed by atoms with Gasteiger partial charge in [0, 0.05) is 0 Å².